The molecule has 1 aromatic carbocycles. The molecule has 0 aromatic heterocycles. The second-order valence-electron chi connectivity index (χ2n) is 4.27. The van der Waals surface area contributed by atoms with Gasteiger partial charge < -0.3 is 5.32 Å². The first-order chi connectivity index (χ1) is 7.75. The first-order valence-electron chi connectivity index (χ1n) is 6.24. The number of aryl methyl sites for hydroxylation is 1. The van der Waals surface area contributed by atoms with Crippen LogP contribution in [0.5, 0.6) is 0 Å². The monoisotopic (exact) mass is 223 g/mol. The van der Waals surface area contributed by atoms with E-state index in [-0.39, 0.29) is 5.82 Å². The highest BCUT2D eigenvalue weighted by Gasteiger charge is 2.03. The molecule has 0 aliphatic carbocycles. The van der Waals surface area contributed by atoms with Gasteiger partial charge in [0.25, 0.3) is 0 Å². The molecule has 0 aliphatic heterocycles. The van der Waals surface area contributed by atoms with Crippen molar-refractivity contribution in [1.29, 1.82) is 0 Å². The maximum Gasteiger partial charge on any atom is 0.146 e. The van der Waals surface area contributed by atoms with Crippen molar-refractivity contribution in [3.8, 4) is 0 Å². The van der Waals surface area contributed by atoms with Gasteiger partial charge in [0, 0.05) is 6.54 Å². The summed E-state index contributed by atoms with van der Waals surface area (Å²) in [5, 5.41) is 3.18. The molecular weight excluding hydrogens is 201 g/mol. The first kappa shape index (κ1) is 13.0. The highest BCUT2D eigenvalue weighted by atomic mass is 19.1. The van der Waals surface area contributed by atoms with E-state index in [1.54, 1.807) is 6.07 Å². The van der Waals surface area contributed by atoms with Gasteiger partial charge in [-0.15, -0.1) is 0 Å². The highest BCUT2D eigenvalue weighted by Crippen LogP contribution is 2.18. The molecule has 1 rings (SSSR count). The molecule has 1 nitrogen and oxygen atoms in total. The summed E-state index contributed by atoms with van der Waals surface area (Å²) in [6.45, 7) is 5.01. The average molecular weight is 223 g/mol. The third-order valence-corrected chi connectivity index (χ3v) is 2.80. The molecule has 0 saturated heterocycles. The Balaban J connectivity index is 2.26. The summed E-state index contributed by atoms with van der Waals surface area (Å²) in [7, 11) is 0. The van der Waals surface area contributed by atoms with Gasteiger partial charge in [-0.3, -0.25) is 0 Å². The average Bonchev–Trinajstić information content (AvgIpc) is 2.26. The zero-order chi connectivity index (χ0) is 11.8. The predicted octanol–water partition coefficient (Wildman–Crippen LogP) is 4.52. The minimum Gasteiger partial charge on any atom is -0.382 e. The third kappa shape index (κ3) is 4.21. The van der Waals surface area contributed by atoms with Crippen LogP contribution in [0.15, 0.2) is 18.2 Å². The van der Waals surface area contributed by atoms with Crippen LogP contribution in [-0.4, -0.2) is 6.54 Å². The van der Waals surface area contributed by atoms with E-state index in [0.29, 0.717) is 5.69 Å². The van der Waals surface area contributed by atoms with Crippen molar-refractivity contribution in [2.75, 3.05) is 11.9 Å². The van der Waals surface area contributed by atoms with Crippen LogP contribution in [0.25, 0.3) is 0 Å². The highest BCUT2D eigenvalue weighted by molar-refractivity contribution is 5.51. The van der Waals surface area contributed by atoms with Gasteiger partial charge in [-0.05, 0) is 25.0 Å². The fourth-order valence-electron chi connectivity index (χ4n) is 1.80. The maximum absolute atomic E-state index is 13.4. The lowest BCUT2D eigenvalue weighted by Gasteiger charge is -2.10. The topological polar surface area (TPSA) is 12.0 Å². The van der Waals surface area contributed by atoms with Crippen molar-refractivity contribution in [3.63, 3.8) is 0 Å². The Morgan fingerprint density at radius 1 is 1.12 bits per heavy atom. The zero-order valence-electron chi connectivity index (χ0n) is 10.4. The van der Waals surface area contributed by atoms with Crippen molar-refractivity contribution in [1.82, 2.24) is 0 Å². The lowest BCUT2D eigenvalue weighted by Crippen LogP contribution is -2.04. The van der Waals surface area contributed by atoms with Gasteiger partial charge in [-0.2, -0.15) is 0 Å². The number of halogens is 1. The fourth-order valence-corrected chi connectivity index (χ4v) is 1.80. The second kappa shape index (κ2) is 7.26. The van der Waals surface area contributed by atoms with E-state index in [0.717, 1.165) is 18.5 Å². The van der Waals surface area contributed by atoms with Crippen LogP contribution in [0.4, 0.5) is 10.1 Å². The molecule has 0 heterocycles. The van der Waals surface area contributed by atoms with Crippen molar-refractivity contribution in [2.24, 2.45) is 0 Å². The number of anilines is 1. The summed E-state index contributed by atoms with van der Waals surface area (Å²) in [6, 6.07) is 5.19. The van der Waals surface area contributed by atoms with Crippen LogP contribution < -0.4 is 5.32 Å². The smallest absolute Gasteiger partial charge is 0.146 e. The van der Waals surface area contributed by atoms with Crippen LogP contribution in [0, 0.1) is 12.7 Å². The molecule has 0 saturated carbocycles. The van der Waals surface area contributed by atoms with Gasteiger partial charge in [0.1, 0.15) is 5.82 Å². The predicted molar refractivity (Wildman–Crippen MR) is 68.4 cm³/mol. The summed E-state index contributed by atoms with van der Waals surface area (Å²) >= 11 is 0. The molecule has 0 bridgehead atoms. The zero-order valence-corrected chi connectivity index (χ0v) is 10.4. The molecule has 0 fully saturated rings. The van der Waals surface area contributed by atoms with Crippen LogP contribution >= 0.6 is 0 Å². The third-order valence-electron chi connectivity index (χ3n) is 2.80. The summed E-state index contributed by atoms with van der Waals surface area (Å²) in [5.74, 6) is -0.145. The number of hydrogen-bond acceptors (Lipinski definition) is 1. The number of para-hydroxylation sites is 1. The molecule has 0 unspecified atom stereocenters. The fraction of sp³-hybridized carbons (Fsp3) is 0.571. The molecule has 0 amide bonds. The largest absolute Gasteiger partial charge is 0.382 e. The van der Waals surface area contributed by atoms with Gasteiger partial charge in [-0.1, -0.05) is 44.7 Å². The molecule has 0 atom stereocenters. The standard InChI is InChI=1S/C14H22FN/c1-3-4-5-6-7-11-16-14-12(2)9-8-10-13(14)15/h8-10,16H,3-7,11H2,1-2H3. The van der Waals surface area contributed by atoms with Crippen LogP contribution in [0.1, 0.15) is 44.6 Å². The van der Waals surface area contributed by atoms with Gasteiger partial charge in [-0.25, -0.2) is 4.39 Å². The van der Waals surface area contributed by atoms with Gasteiger partial charge >= 0.3 is 0 Å². The van der Waals surface area contributed by atoms with Crippen LogP contribution in [0.3, 0.4) is 0 Å². The maximum atomic E-state index is 13.4. The molecule has 0 radical (unpaired) electrons. The lowest BCUT2D eigenvalue weighted by atomic mass is 10.1. The number of benzene rings is 1. The minimum atomic E-state index is -0.145. The summed E-state index contributed by atoms with van der Waals surface area (Å²) < 4.78 is 13.4. The van der Waals surface area contributed by atoms with Gasteiger partial charge in [0.05, 0.1) is 5.69 Å². The molecular formula is C14H22FN. The molecule has 16 heavy (non-hydrogen) atoms. The Bertz CT molecular complexity index is 289. The van der Waals surface area contributed by atoms with Crippen LogP contribution in [0.2, 0.25) is 0 Å². The minimum absolute atomic E-state index is 0.145. The van der Waals surface area contributed by atoms with E-state index in [1.165, 1.54) is 31.7 Å². The van der Waals surface area contributed by atoms with E-state index >= 15 is 0 Å². The Hall–Kier alpha value is -1.05. The van der Waals surface area contributed by atoms with Crippen molar-refractivity contribution in [2.45, 2.75) is 46.0 Å². The lowest BCUT2D eigenvalue weighted by molar-refractivity contribution is 0.623. The van der Waals surface area contributed by atoms with E-state index in [1.807, 2.05) is 13.0 Å². The van der Waals surface area contributed by atoms with E-state index in [9.17, 15) is 4.39 Å². The van der Waals surface area contributed by atoms with Crippen LogP contribution in [-0.2, 0) is 0 Å². The summed E-state index contributed by atoms with van der Waals surface area (Å²) in [6.07, 6.45) is 6.20. The van der Waals surface area contributed by atoms with Crippen molar-refractivity contribution < 1.29 is 4.39 Å². The number of nitrogens with one attached hydrogen (secondary N) is 1. The quantitative estimate of drug-likeness (QED) is 0.670. The Labute approximate surface area is 98.1 Å². The number of rotatable bonds is 7. The number of unbranched alkanes of at least 4 members (excludes halogenated alkanes) is 4. The Morgan fingerprint density at radius 3 is 2.56 bits per heavy atom. The second-order valence-corrected chi connectivity index (χ2v) is 4.27. The molecule has 2 heteroatoms. The Kier molecular flexibility index (Phi) is 5.91. The molecule has 90 valence electrons. The molecule has 0 spiro atoms. The molecule has 1 aromatic rings. The molecule has 1 N–H and O–H groups in total. The number of hydrogen-bond donors (Lipinski definition) is 1. The summed E-state index contributed by atoms with van der Waals surface area (Å²) in [5.41, 5.74) is 1.64. The normalized spacial score (nSPS) is 10.4. The van der Waals surface area contributed by atoms with E-state index < -0.39 is 0 Å². The van der Waals surface area contributed by atoms with E-state index in [4.69, 9.17) is 0 Å². The van der Waals surface area contributed by atoms with Crippen molar-refractivity contribution >= 4 is 5.69 Å². The Morgan fingerprint density at radius 2 is 1.88 bits per heavy atom. The first-order valence-corrected chi connectivity index (χ1v) is 6.24. The van der Waals surface area contributed by atoms with Gasteiger partial charge in [0.15, 0.2) is 0 Å². The van der Waals surface area contributed by atoms with Gasteiger partial charge in [0.2, 0.25) is 0 Å². The van der Waals surface area contributed by atoms with Crippen molar-refractivity contribution in [3.05, 3.63) is 29.6 Å². The van der Waals surface area contributed by atoms with E-state index in [2.05, 4.69) is 12.2 Å². The molecule has 0 aliphatic rings. The SMILES string of the molecule is CCCCCCCNc1c(C)cccc1F. The summed E-state index contributed by atoms with van der Waals surface area (Å²) in [4.78, 5) is 0.